The van der Waals surface area contributed by atoms with Gasteiger partial charge in [0.2, 0.25) is 0 Å². The van der Waals surface area contributed by atoms with Crippen LogP contribution in [0.15, 0.2) is 18.2 Å². The van der Waals surface area contributed by atoms with Crippen molar-refractivity contribution < 1.29 is 9.90 Å². The zero-order valence-corrected chi connectivity index (χ0v) is 12.9. The van der Waals surface area contributed by atoms with E-state index in [9.17, 15) is 9.90 Å². The molecule has 0 spiro atoms. The fourth-order valence-electron chi connectivity index (χ4n) is 2.77. The van der Waals surface area contributed by atoms with Crippen molar-refractivity contribution in [1.29, 1.82) is 0 Å². The number of para-hydroxylation sites is 1. The predicted molar refractivity (Wildman–Crippen MR) is 84.4 cm³/mol. The minimum Gasteiger partial charge on any atom is -0.394 e. The number of rotatable bonds is 5. The molecule has 1 aromatic carbocycles. The second kappa shape index (κ2) is 5.61. The Bertz CT molecular complexity index is 693. The number of aliphatic hydroxyl groups is 1. The molecule has 22 heavy (non-hydrogen) atoms. The molecule has 1 aliphatic carbocycles. The van der Waals surface area contributed by atoms with E-state index in [1.807, 2.05) is 32.0 Å². The Labute approximate surface area is 129 Å². The lowest BCUT2D eigenvalue weighted by Crippen LogP contribution is -2.54. The summed E-state index contributed by atoms with van der Waals surface area (Å²) in [7, 11) is 0. The van der Waals surface area contributed by atoms with Gasteiger partial charge >= 0.3 is 6.03 Å². The van der Waals surface area contributed by atoms with Crippen LogP contribution in [-0.4, -0.2) is 33.3 Å². The maximum Gasteiger partial charge on any atom is 0.315 e. The number of aryl methyl sites for hydroxylation is 1. The monoisotopic (exact) mass is 302 g/mol. The molecule has 2 amide bonds. The topological polar surface area (TPSA) is 90.0 Å². The molecule has 2 aromatic rings. The van der Waals surface area contributed by atoms with Crippen molar-refractivity contribution in [1.82, 2.24) is 20.6 Å². The minimum atomic E-state index is -0.533. The SMILES string of the molecule is Cc1cccc2[nH]c(CNC(=O)NC(C)(CO)C3CC3)nc12. The number of nitrogens with one attached hydrogen (secondary N) is 3. The number of nitrogens with zero attached hydrogens (tertiary/aromatic N) is 1. The van der Waals surface area contributed by atoms with Gasteiger partial charge in [-0.15, -0.1) is 0 Å². The van der Waals surface area contributed by atoms with Gasteiger partial charge in [-0.2, -0.15) is 0 Å². The summed E-state index contributed by atoms with van der Waals surface area (Å²) in [5.74, 6) is 1.09. The normalized spacial score (nSPS) is 17.2. The first kappa shape index (κ1) is 14.8. The van der Waals surface area contributed by atoms with Crippen LogP contribution in [0.5, 0.6) is 0 Å². The number of aromatic nitrogens is 2. The number of aromatic amines is 1. The van der Waals surface area contributed by atoms with Gasteiger partial charge in [-0.25, -0.2) is 9.78 Å². The molecule has 1 atom stereocenters. The van der Waals surface area contributed by atoms with Crippen LogP contribution in [0, 0.1) is 12.8 Å². The highest BCUT2D eigenvalue weighted by molar-refractivity contribution is 5.79. The summed E-state index contributed by atoms with van der Waals surface area (Å²) >= 11 is 0. The lowest BCUT2D eigenvalue weighted by atomic mass is 9.97. The van der Waals surface area contributed by atoms with Crippen molar-refractivity contribution >= 4 is 17.1 Å². The minimum absolute atomic E-state index is 0.0467. The van der Waals surface area contributed by atoms with Crippen molar-refractivity contribution in [3.63, 3.8) is 0 Å². The molecule has 4 N–H and O–H groups in total. The highest BCUT2D eigenvalue weighted by Crippen LogP contribution is 2.39. The number of aliphatic hydroxyl groups excluding tert-OH is 1. The molecule has 1 aromatic heterocycles. The fraction of sp³-hybridized carbons (Fsp3) is 0.500. The third-order valence-electron chi connectivity index (χ3n) is 4.39. The van der Waals surface area contributed by atoms with Crippen LogP contribution in [0.1, 0.15) is 31.2 Å². The molecule has 6 nitrogen and oxygen atoms in total. The average molecular weight is 302 g/mol. The molecule has 0 bridgehead atoms. The Kier molecular flexibility index (Phi) is 3.78. The van der Waals surface area contributed by atoms with Crippen LogP contribution < -0.4 is 10.6 Å². The van der Waals surface area contributed by atoms with Gasteiger partial charge in [-0.1, -0.05) is 12.1 Å². The zero-order valence-electron chi connectivity index (χ0n) is 12.9. The van der Waals surface area contributed by atoms with E-state index in [2.05, 4.69) is 20.6 Å². The second-order valence-electron chi connectivity index (χ2n) is 6.31. The van der Waals surface area contributed by atoms with Crippen LogP contribution >= 0.6 is 0 Å². The van der Waals surface area contributed by atoms with Gasteiger partial charge < -0.3 is 20.7 Å². The fourth-order valence-corrected chi connectivity index (χ4v) is 2.77. The van der Waals surface area contributed by atoms with Crippen molar-refractivity contribution in [2.45, 2.75) is 38.8 Å². The standard InChI is InChI=1S/C16H22N4O2/c1-10-4-3-5-12-14(10)19-13(18-12)8-17-15(22)20-16(2,9-21)11-6-7-11/h3-5,11,21H,6-9H2,1-2H3,(H,18,19)(H2,17,20,22). The number of H-pyrrole nitrogens is 1. The Hall–Kier alpha value is -2.08. The second-order valence-corrected chi connectivity index (χ2v) is 6.31. The summed E-state index contributed by atoms with van der Waals surface area (Å²) in [6.07, 6.45) is 2.11. The van der Waals surface area contributed by atoms with Crippen molar-refractivity contribution in [3.05, 3.63) is 29.6 Å². The predicted octanol–water partition coefficient (Wildman–Crippen LogP) is 1.83. The van der Waals surface area contributed by atoms with Crippen LogP contribution in [0.4, 0.5) is 4.79 Å². The summed E-state index contributed by atoms with van der Waals surface area (Å²) in [4.78, 5) is 19.7. The van der Waals surface area contributed by atoms with Crippen molar-refractivity contribution in [3.8, 4) is 0 Å². The quantitative estimate of drug-likeness (QED) is 0.679. The molecule has 118 valence electrons. The Morgan fingerprint density at radius 3 is 2.91 bits per heavy atom. The number of benzene rings is 1. The average Bonchev–Trinajstić information content (AvgIpc) is 3.26. The number of fused-ring (bicyclic) bond motifs is 1. The third-order valence-corrected chi connectivity index (χ3v) is 4.39. The summed E-state index contributed by atoms with van der Waals surface area (Å²) in [5.41, 5.74) is 2.47. The summed E-state index contributed by atoms with van der Waals surface area (Å²) < 4.78 is 0. The van der Waals surface area contributed by atoms with Gasteiger partial charge in [0.1, 0.15) is 5.82 Å². The molecule has 1 fully saturated rings. The first-order valence-corrected chi connectivity index (χ1v) is 7.63. The van der Waals surface area contributed by atoms with E-state index in [0.717, 1.165) is 35.3 Å². The van der Waals surface area contributed by atoms with E-state index in [1.165, 1.54) is 0 Å². The number of hydrogen-bond donors (Lipinski definition) is 4. The van der Waals surface area contributed by atoms with Gasteiger partial charge in [-0.3, -0.25) is 0 Å². The summed E-state index contributed by atoms with van der Waals surface area (Å²) in [6.45, 7) is 4.17. The molecule has 1 saturated carbocycles. The Morgan fingerprint density at radius 2 is 2.27 bits per heavy atom. The lowest BCUT2D eigenvalue weighted by molar-refractivity contribution is 0.155. The third kappa shape index (κ3) is 2.92. The smallest absolute Gasteiger partial charge is 0.315 e. The van der Waals surface area contributed by atoms with Crippen molar-refractivity contribution in [2.24, 2.45) is 5.92 Å². The molecule has 1 unspecified atom stereocenters. The summed E-state index contributed by atoms with van der Waals surface area (Å²) in [5, 5.41) is 15.2. The molecule has 0 aliphatic heterocycles. The van der Waals surface area contributed by atoms with Gasteiger partial charge in [-0.05, 0) is 44.2 Å². The maximum atomic E-state index is 12.0. The van der Waals surface area contributed by atoms with Gasteiger partial charge in [0.25, 0.3) is 0 Å². The number of carbonyl (C=O) groups excluding carboxylic acids is 1. The van der Waals surface area contributed by atoms with Crippen LogP contribution in [0.2, 0.25) is 0 Å². The first-order valence-electron chi connectivity index (χ1n) is 7.63. The Morgan fingerprint density at radius 1 is 1.50 bits per heavy atom. The highest BCUT2D eigenvalue weighted by atomic mass is 16.3. The van der Waals surface area contributed by atoms with E-state index >= 15 is 0 Å². The largest absolute Gasteiger partial charge is 0.394 e. The van der Waals surface area contributed by atoms with E-state index in [0.29, 0.717) is 12.5 Å². The molecular weight excluding hydrogens is 280 g/mol. The number of imidazole rings is 1. The van der Waals surface area contributed by atoms with Crippen LogP contribution in [0.25, 0.3) is 11.0 Å². The highest BCUT2D eigenvalue weighted by Gasteiger charge is 2.42. The summed E-state index contributed by atoms with van der Waals surface area (Å²) in [6, 6.07) is 5.67. The number of hydrogen-bond acceptors (Lipinski definition) is 3. The molecule has 0 radical (unpaired) electrons. The van der Waals surface area contributed by atoms with E-state index in [1.54, 1.807) is 0 Å². The van der Waals surface area contributed by atoms with Crippen molar-refractivity contribution in [2.75, 3.05) is 6.61 Å². The van der Waals surface area contributed by atoms with Gasteiger partial charge in [0.05, 0.1) is 29.7 Å². The maximum absolute atomic E-state index is 12.0. The van der Waals surface area contributed by atoms with Gasteiger partial charge in [0.15, 0.2) is 0 Å². The molecule has 1 aliphatic rings. The van der Waals surface area contributed by atoms with E-state index in [-0.39, 0.29) is 12.6 Å². The van der Waals surface area contributed by atoms with Crippen LogP contribution in [0.3, 0.4) is 0 Å². The van der Waals surface area contributed by atoms with E-state index in [4.69, 9.17) is 0 Å². The zero-order chi connectivity index (χ0) is 15.7. The molecule has 0 saturated heterocycles. The Balaban J connectivity index is 1.61. The van der Waals surface area contributed by atoms with Crippen LogP contribution in [-0.2, 0) is 6.54 Å². The number of carbonyl (C=O) groups is 1. The molecule has 1 heterocycles. The molecular formula is C16H22N4O2. The first-order chi connectivity index (χ1) is 10.5. The number of amides is 2. The van der Waals surface area contributed by atoms with E-state index < -0.39 is 5.54 Å². The molecule has 6 heteroatoms. The molecule has 3 rings (SSSR count). The van der Waals surface area contributed by atoms with Gasteiger partial charge in [0, 0.05) is 0 Å². The lowest BCUT2D eigenvalue weighted by Gasteiger charge is -2.28. The number of urea groups is 1.